The monoisotopic (exact) mass is 743 g/mol. The maximum atomic E-state index is 7.30. The Morgan fingerprint density at radius 1 is 0.397 bits per heavy atom. The second-order valence-electron chi connectivity index (χ2n) is 15.2. The Morgan fingerprint density at radius 2 is 0.931 bits per heavy atom. The highest BCUT2D eigenvalue weighted by molar-refractivity contribution is 6.26. The van der Waals surface area contributed by atoms with E-state index in [1.54, 1.807) is 0 Å². The third kappa shape index (κ3) is 4.95. The minimum absolute atomic E-state index is 0.882. The summed E-state index contributed by atoms with van der Waals surface area (Å²) in [5, 5.41) is 5.74. The summed E-state index contributed by atoms with van der Waals surface area (Å²) in [6, 6.07) is 69.6. The molecular formula is C54H37N3O. The van der Waals surface area contributed by atoms with Crippen molar-refractivity contribution in [3.63, 3.8) is 0 Å². The first-order valence-corrected chi connectivity index (χ1v) is 20.1. The molecular weight excluding hydrogens is 707 g/mol. The van der Waals surface area contributed by atoms with Crippen LogP contribution in [0.15, 0.2) is 204 Å². The van der Waals surface area contributed by atoms with E-state index in [-0.39, 0.29) is 0 Å². The zero-order valence-electron chi connectivity index (χ0n) is 31.7. The molecule has 4 heteroatoms. The van der Waals surface area contributed by atoms with Gasteiger partial charge in [-0.1, -0.05) is 115 Å². The topological polar surface area (TPSA) is 26.2 Å². The summed E-state index contributed by atoms with van der Waals surface area (Å²) in [5.41, 5.74) is 16.1. The third-order valence-electron chi connectivity index (χ3n) is 12.0. The fourth-order valence-electron chi connectivity index (χ4n) is 9.48. The summed E-state index contributed by atoms with van der Waals surface area (Å²) in [6.07, 6.45) is 4.20. The number of hydrogen-bond donors (Lipinski definition) is 0. The maximum Gasteiger partial charge on any atom is 0.145 e. The van der Waals surface area contributed by atoms with Gasteiger partial charge < -0.3 is 18.5 Å². The van der Waals surface area contributed by atoms with Gasteiger partial charge >= 0.3 is 0 Å². The summed E-state index contributed by atoms with van der Waals surface area (Å²) >= 11 is 0. The van der Waals surface area contributed by atoms with E-state index >= 15 is 0 Å². The maximum absolute atomic E-state index is 7.30. The predicted molar refractivity (Wildman–Crippen MR) is 242 cm³/mol. The molecule has 0 spiro atoms. The number of aromatic nitrogens is 2. The Balaban J connectivity index is 1.12. The molecule has 11 aromatic rings. The largest absolute Gasteiger partial charge is 0.455 e. The van der Waals surface area contributed by atoms with Crippen LogP contribution in [0, 0.1) is 0 Å². The highest BCUT2D eigenvalue weighted by Crippen LogP contribution is 2.47. The van der Waals surface area contributed by atoms with Crippen molar-refractivity contribution >= 4 is 72.1 Å². The molecule has 1 aliphatic carbocycles. The van der Waals surface area contributed by atoms with Gasteiger partial charge in [0, 0.05) is 55.9 Å². The first-order valence-electron chi connectivity index (χ1n) is 20.1. The van der Waals surface area contributed by atoms with Gasteiger partial charge in [0.1, 0.15) is 11.2 Å². The van der Waals surface area contributed by atoms with Crippen LogP contribution in [0.25, 0.3) is 83.2 Å². The molecule has 3 heterocycles. The predicted octanol–water partition coefficient (Wildman–Crippen LogP) is 14.4. The average Bonchev–Trinajstić information content (AvgIpc) is 3.95. The van der Waals surface area contributed by atoms with Crippen molar-refractivity contribution in [2.75, 3.05) is 4.90 Å². The molecule has 0 N–H and O–H groups in total. The molecule has 0 radical (unpaired) electrons. The van der Waals surface area contributed by atoms with E-state index in [9.17, 15) is 0 Å². The zero-order valence-corrected chi connectivity index (χ0v) is 31.7. The van der Waals surface area contributed by atoms with Gasteiger partial charge in [0.05, 0.1) is 27.3 Å². The molecule has 0 atom stereocenters. The molecule has 0 bridgehead atoms. The van der Waals surface area contributed by atoms with Crippen molar-refractivity contribution in [2.45, 2.75) is 12.8 Å². The van der Waals surface area contributed by atoms with E-state index in [0.29, 0.717) is 0 Å². The summed E-state index contributed by atoms with van der Waals surface area (Å²) in [6.45, 7) is 0. The van der Waals surface area contributed by atoms with Crippen LogP contribution in [-0.4, -0.2) is 9.13 Å². The molecule has 0 amide bonds. The number of fused-ring (bicyclic) bond motifs is 11. The highest BCUT2D eigenvalue weighted by atomic mass is 16.3. The Bertz CT molecular complexity index is 3360. The lowest BCUT2D eigenvalue weighted by Crippen LogP contribution is -2.19. The second-order valence-corrected chi connectivity index (χ2v) is 15.2. The SMILES string of the molecule is C1=C(N(c2ccccc2)c2ccc(-c3ccccc3)cc2)CCc2c1c1c3oc4c(ccc5c4c4ccccc4n5-c4ccccc4)c3ccc1n2-c1ccccc1. The lowest BCUT2D eigenvalue weighted by Gasteiger charge is -2.30. The van der Waals surface area contributed by atoms with E-state index < -0.39 is 0 Å². The average molecular weight is 744 g/mol. The zero-order chi connectivity index (χ0) is 38.2. The Hall–Kier alpha value is -7.56. The molecule has 0 saturated carbocycles. The van der Waals surface area contributed by atoms with Gasteiger partial charge in [-0.05, 0) is 109 Å². The van der Waals surface area contributed by atoms with Crippen molar-refractivity contribution < 1.29 is 4.42 Å². The summed E-state index contributed by atoms with van der Waals surface area (Å²) in [4.78, 5) is 2.43. The highest BCUT2D eigenvalue weighted by Gasteiger charge is 2.28. The number of rotatable bonds is 6. The van der Waals surface area contributed by atoms with Crippen LogP contribution in [0.5, 0.6) is 0 Å². The van der Waals surface area contributed by atoms with Crippen LogP contribution < -0.4 is 4.90 Å². The molecule has 1 aliphatic rings. The van der Waals surface area contributed by atoms with Gasteiger partial charge in [0.15, 0.2) is 0 Å². The summed E-state index contributed by atoms with van der Waals surface area (Å²) in [5.74, 6) is 0. The van der Waals surface area contributed by atoms with Gasteiger partial charge in [0.2, 0.25) is 0 Å². The third-order valence-corrected chi connectivity index (χ3v) is 12.0. The van der Waals surface area contributed by atoms with Crippen LogP contribution >= 0.6 is 0 Å². The van der Waals surface area contributed by atoms with Crippen molar-refractivity contribution in [1.82, 2.24) is 9.13 Å². The molecule has 4 nitrogen and oxygen atoms in total. The number of hydrogen-bond acceptors (Lipinski definition) is 2. The molecule has 0 aliphatic heterocycles. The van der Waals surface area contributed by atoms with Gasteiger partial charge in [-0.15, -0.1) is 0 Å². The number of para-hydroxylation sites is 4. The van der Waals surface area contributed by atoms with Crippen molar-refractivity contribution in [1.29, 1.82) is 0 Å². The summed E-state index contributed by atoms with van der Waals surface area (Å²) in [7, 11) is 0. The molecule has 0 saturated heterocycles. The lowest BCUT2D eigenvalue weighted by molar-refractivity contribution is 0.676. The van der Waals surface area contributed by atoms with E-state index in [1.807, 2.05) is 0 Å². The van der Waals surface area contributed by atoms with Crippen LogP contribution in [0.2, 0.25) is 0 Å². The van der Waals surface area contributed by atoms with Gasteiger partial charge in [-0.2, -0.15) is 0 Å². The first-order chi connectivity index (χ1) is 28.8. The second kappa shape index (κ2) is 13.0. The van der Waals surface area contributed by atoms with Crippen molar-refractivity contribution in [3.8, 4) is 22.5 Å². The minimum atomic E-state index is 0.882. The first kappa shape index (κ1) is 32.7. The fourth-order valence-corrected chi connectivity index (χ4v) is 9.48. The van der Waals surface area contributed by atoms with Gasteiger partial charge in [-0.25, -0.2) is 0 Å². The summed E-state index contributed by atoms with van der Waals surface area (Å²) < 4.78 is 12.1. The van der Waals surface area contributed by atoms with Crippen LogP contribution in [-0.2, 0) is 6.42 Å². The molecule has 274 valence electrons. The Morgan fingerprint density at radius 3 is 1.62 bits per heavy atom. The van der Waals surface area contributed by atoms with Gasteiger partial charge in [0.25, 0.3) is 0 Å². The fraction of sp³-hybridized carbons (Fsp3) is 0.0370. The van der Waals surface area contributed by atoms with E-state index in [1.165, 1.54) is 39.0 Å². The molecule has 58 heavy (non-hydrogen) atoms. The number of nitrogens with zero attached hydrogens (tertiary/aromatic N) is 3. The smallest absolute Gasteiger partial charge is 0.145 e. The quantitative estimate of drug-likeness (QED) is 0.170. The molecule has 12 rings (SSSR count). The van der Waals surface area contributed by atoms with Crippen LogP contribution in [0.3, 0.4) is 0 Å². The Labute approximate surface area is 335 Å². The number of benzene rings is 8. The van der Waals surface area contributed by atoms with Gasteiger partial charge in [-0.3, -0.25) is 0 Å². The molecule has 3 aromatic heterocycles. The van der Waals surface area contributed by atoms with E-state index in [4.69, 9.17) is 4.42 Å². The standard InChI is InChI=1S/C54H37N3O/c1-5-15-36(16-6-1)37-25-27-41(28-26-37)55(38-17-7-2-8-18-38)42-29-32-48-46(35-42)52-50(57(48)40-21-11-4-12-22-40)34-31-44-43-30-33-49-51(53(43)58-54(44)52)45-23-13-14-24-47(45)56(49)39-19-9-3-10-20-39/h1-28,30-31,33-35H,29,32H2. The van der Waals surface area contributed by atoms with Crippen LogP contribution in [0.4, 0.5) is 11.4 Å². The van der Waals surface area contributed by atoms with Crippen LogP contribution in [0.1, 0.15) is 17.7 Å². The number of furan rings is 1. The minimum Gasteiger partial charge on any atom is -0.455 e. The number of allylic oxidation sites excluding steroid dienone is 1. The van der Waals surface area contributed by atoms with Crippen molar-refractivity contribution in [2.24, 2.45) is 0 Å². The molecule has 0 unspecified atom stereocenters. The van der Waals surface area contributed by atoms with E-state index in [2.05, 4.69) is 214 Å². The molecule has 8 aromatic carbocycles. The normalized spacial score (nSPS) is 12.8. The molecule has 0 fully saturated rings. The lowest BCUT2D eigenvalue weighted by atomic mass is 9.96. The Kier molecular flexibility index (Phi) is 7.32. The number of anilines is 2. The van der Waals surface area contributed by atoms with E-state index in [0.717, 1.165) is 79.3 Å². The van der Waals surface area contributed by atoms with Crippen molar-refractivity contribution in [3.05, 3.63) is 211 Å².